The molecule has 2 nitrogen and oxygen atoms in total. The predicted molar refractivity (Wildman–Crippen MR) is 79.3 cm³/mol. The molecule has 104 valence electrons. The molecule has 4 heteroatoms. The second kappa shape index (κ2) is 5.53. The molecule has 1 amide bonds. The van der Waals surface area contributed by atoms with Crippen LogP contribution in [0.15, 0.2) is 18.2 Å². The lowest BCUT2D eigenvalue weighted by Crippen LogP contribution is -2.38. The van der Waals surface area contributed by atoms with E-state index in [9.17, 15) is 9.18 Å². The summed E-state index contributed by atoms with van der Waals surface area (Å²) in [4.78, 5) is 13.9. The Morgan fingerprint density at radius 3 is 2.84 bits per heavy atom. The number of hydrogen-bond donors (Lipinski definition) is 0. The number of amides is 1. The summed E-state index contributed by atoms with van der Waals surface area (Å²) in [6.07, 6.45) is 1.76. The minimum absolute atomic E-state index is 0.00553. The van der Waals surface area contributed by atoms with Gasteiger partial charge in [0.05, 0.1) is 11.4 Å². The van der Waals surface area contributed by atoms with Gasteiger partial charge in [0.25, 0.3) is 0 Å². The van der Waals surface area contributed by atoms with E-state index in [1.165, 1.54) is 6.07 Å². The topological polar surface area (TPSA) is 20.3 Å². The molecule has 1 aromatic carbocycles. The molecule has 0 atom stereocenters. The average molecular weight is 281 g/mol. The summed E-state index contributed by atoms with van der Waals surface area (Å²) < 4.78 is 14.0. The zero-order chi connectivity index (χ0) is 14.0. The average Bonchev–Trinajstić information content (AvgIpc) is 2.35. The zero-order valence-corrected chi connectivity index (χ0v) is 12.5. The Morgan fingerprint density at radius 2 is 2.16 bits per heavy atom. The summed E-state index contributed by atoms with van der Waals surface area (Å²) in [6, 6.07) is 5.06. The lowest BCUT2D eigenvalue weighted by molar-refractivity contribution is -0.116. The van der Waals surface area contributed by atoms with Crippen LogP contribution in [-0.2, 0) is 11.2 Å². The first kappa shape index (κ1) is 14.4. The van der Waals surface area contributed by atoms with Crippen LogP contribution in [0.5, 0.6) is 0 Å². The van der Waals surface area contributed by atoms with E-state index in [0.717, 1.165) is 18.4 Å². The van der Waals surface area contributed by atoms with E-state index in [1.54, 1.807) is 22.7 Å². The number of carbonyl (C=O) groups excluding carboxylic acids is 1. The molecule has 1 aliphatic heterocycles. The van der Waals surface area contributed by atoms with Gasteiger partial charge < -0.3 is 4.90 Å². The molecule has 0 radical (unpaired) electrons. The molecule has 0 aliphatic carbocycles. The third-order valence-electron chi connectivity index (χ3n) is 3.10. The van der Waals surface area contributed by atoms with Gasteiger partial charge in [0.1, 0.15) is 5.82 Å². The first-order chi connectivity index (χ1) is 8.88. The Labute approximate surface area is 118 Å². The molecular formula is C15H20FNOS. The third-order valence-corrected chi connectivity index (χ3v) is 4.36. The number of para-hydroxylation sites is 1. The van der Waals surface area contributed by atoms with Gasteiger partial charge in [-0.2, -0.15) is 0 Å². The molecule has 0 N–H and O–H groups in total. The van der Waals surface area contributed by atoms with E-state index in [-0.39, 0.29) is 16.5 Å². The second-order valence-corrected chi connectivity index (χ2v) is 7.60. The molecule has 1 aliphatic rings. The van der Waals surface area contributed by atoms with Crippen molar-refractivity contribution in [2.24, 2.45) is 0 Å². The van der Waals surface area contributed by atoms with Crippen LogP contribution in [0.1, 0.15) is 32.8 Å². The monoisotopic (exact) mass is 281 g/mol. The Kier molecular flexibility index (Phi) is 4.19. The quantitative estimate of drug-likeness (QED) is 0.825. The van der Waals surface area contributed by atoms with Crippen LogP contribution in [0.3, 0.4) is 0 Å². The molecule has 2 rings (SSSR count). The highest BCUT2D eigenvalue weighted by atomic mass is 32.2. The van der Waals surface area contributed by atoms with Crippen LogP contribution in [0, 0.1) is 5.82 Å². The highest BCUT2D eigenvalue weighted by molar-refractivity contribution is 8.01. The summed E-state index contributed by atoms with van der Waals surface area (Å²) >= 11 is 1.60. The Morgan fingerprint density at radius 1 is 1.42 bits per heavy atom. The Bertz CT molecular complexity index is 482. The molecule has 0 aromatic heterocycles. The van der Waals surface area contributed by atoms with E-state index >= 15 is 0 Å². The van der Waals surface area contributed by atoms with Gasteiger partial charge in [-0.15, -0.1) is 11.8 Å². The minimum atomic E-state index is -0.286. The van der Waals surface area contributed by atoms with Crippen LogP contribution in [0.2, 0.25) is 0 Å². The molecule has 0 saturated carbocycles. The summed E-state index contributed by atoms with van der Waals surface area (Å²) in [5.41, 5.74) is 1.44. The fourth-order valence-electron chi connectivity index (χ4n) is 2.21. The van der Waals surface area contributed by atoms with Crippen molar-refractivity contribution >= 4 is 23.4 Å². The van der Waals surface area contributed by atoms with Gasteiger partial charge in [-0.05, 0) is 24.5 Å². The maximum atomic E-state index is 14.0. The molecule has 1 heterocycles. The molecule has 0 bridgehead atoms. The van der Waals surface area contributed by atoms with E-state index in [2.05, 4.69) is 20.8 Å². The highest BCUT2D eigenvalue weighted by Crippen LogP contribution is 2.31. The lowest BCUT2D eigenvalue weighted by Gasteiger charge is -2.30. The number of anilines is 1. The molecule has 0 saturated heterocycles. The number of carbonyl (C=O) groups is 1. The number of halogens is 1. The maximum Gasteiger partial charge on any atom is 0.237 e. The smallest absolute Gasteiger partial charge is 0.237 e. The minimum Gasteiger partial charge on any atom is -0.309 e. The fourth-order valence-corrected chi connectivity index (χ4v) is 2.92. The van der Waals surface area contributed by atoms with Crippen molar-refractivity contribution in [3.05, 3.63) is 29.6 Å². The van der Waals surface area contributed by atoms with E-state index in [1.807, 2.05) is 6.07 Å². The van der Waals surface area contributed by atoms with Crippen molar-refractivity contribution in [2.45, 2.75) is 38.4 Å². The second-order valence-electron chi connectivity index (χ2n) is 5.80. The van der Waals surface area contributed by atoms with Gasteiger partial charge in [-0.1, -0.05) is 32.9 Å². The highest BCUT2D eigenvalue weighted by Gasteiger charge is 2.26. The molecular weight excluding hydrogens is 261 g/mol. The normalized spacial score (nSPS) is 15.3. The molecule has 0 fully saturated rings. The van der Waals surface area contributed by atoms with Crippen LogP contribution in [0.4, 0.5) is 10.1 Å². The number of rotatable bonds is 2. The zero-order valence-electron chi connectivity index (χ0n) is 11.7. The van der Waals surface area contributed by atoms with Gasteiger partial charge in [-0.25, -0.2) is 4.39 Å². The van der Waals surface area contributed by atoms with Gasteiger partial charge >= 0.3 is 0 Å². The van der Waals surface area contributed by atoms with Gasteiger partial charge in [0.15, 0.2) is 0 Å². The number of thioether (sulfide) groups is 1. The molecule has 1 aromatic rings. The van der Waals surface area contributed by atoms with Crippen molar-refractivity contribution in [3.63, 3.8) is 0 Å². The van der Waals surface area contributed by atoms with Crippen LogP contribution in [-0.4, -0.2) is 23.0 Å². The maximum absolute atomic E-state index is 14.0. The van der Waals surface area contributed by atoms with Crippen LogP contribution < -0.4 is 4.90 Å². The summed E-state index contributed by atoms with van der Waals surface area (Å²) in [5.74, 6) is 0.120. The number of benzene rings is 1. The van der Waals surface area contributed by atoms with Crippen LogP contribution in [0.25, 0.3) is 0 Å². The largest absolute Gasteiger partial charge is 0.309 e. The standard InChI is InChI=1S/C15H20FNOS/c1-15(2,3)19-10-13(18)17-9-5-7-11-6-4-8-12(16)14(11)17/h4,6,8H,5,7,9-10H2,1-3H3. The van der Waals surface area contributed by atoms with Crippen molar-refractivity contribution in [3.8, 4) is 0 Å². The Hall–Kier alpha value is -1.03. The summed E-state index contributed by atoms with van der Waals surface area (Å²) in [5, 5.41) is 0. The molecule has 19 heavy (non-hydrogen) atoms. The number of fused-ring (bicyclic) bond motifs is 1. The van der Waals surface area contributed by atoms with Crippen molar-refractivity contribution in [1.29, 1.82) is 0 Å². The third kappa shape index (κ3) is 3.50. The van der Waals surface area contributed by atoms with E-state index in [4.69, 9.17) is 0 Å². The number of nitrogens with zero attached hydrogens (tertiary/aromatic N) is 1. The number of aryl methyl sites for hydroxylation is 1. The summed E-state index contributed by atoms with van der Waals surface area (Å²) in [6.45, 7) is 6.86. The fraction of sp³-hybridized carbons (Fsp3) is 0.533. The molecule has 0 spiro atoms. The van der Waals surface area contributed by atoms with Gasteiger partial charge in [0, 0.05) is 11.3 Å². The SMILES string of the molecule is CC(C)(C)SCC(=O)N1CCCc2cccc(F)c21. The first-order valence-electron chi connectivity index (χ1n) is 6.60. The van der Waals surface area contributed by atoms with Gasteiger partial charge in [-0.3, -0.25) is 4.79 Å². The van der Waals surface area contributed by atoms with E-state index in [0.29, 0.717) is 18.0 Å². The van der Waals surface area contributed by atoms with Crippen LogP contribution >= 0.6 is 11.8 Å². The van der Waals surface area contributed by atoms with E-state index < -0.39 is 0 Å². The molecule has 0 unspecified atom stereocenters. The van der Waals surface area contributed by atoms with Crippen molar-refractivity contribution in [1.82, 2.24) is 0 Å². The lowest BCUT2D eigenvalue weighted by atomic mass is 10.0. The Balaban J connectivity index is 2.17. The summed E-state index contributed by atoms with van der Waals surface area (Å²) in [7, 11) is 0. The predicted octanol–water partition coefficient (Wildman–Crippen LogP) is 3.64. The van der Waals surface area contributed by atoms with Gasteiger partial charge in [0.2, 0.25) is 5.91 Å². The first-order valence-corrected chi connectivity index (χ1v) is 7.59. The van der Waals surface area contributed by atoms with Crippen molar-refractivity contribution < 1.29 is 9.18 Å². The van der Waals surface area contributed by atoms with Crippen molar-refractivity contribution in [2.75, 3.05) is 17.2 Å². The number of hydrogen-bond acceptors (Lipinski definition) is 2.